The fraction of sp³-hybridized carbons (Fsp3) is 0.625. The van der Waals surface area contributed by atoms with E-state index in [0.29, 0.717) is 11.6 Å². The highest BCUT2D eigenvalue weighted by Gasteiger charge is 2.31. The predicted molar refractivity (Wildman–Crippen MR) is 85.1 cm³/mol. The van der Waals surface area contributed by atoms with Crippen molar-refractivity contribution in [3.05, 3.63) is 12.0 Å². The molecule has 2 aromatic heterocycles. The van der Waals surface area contributed by atoms with E-state index in [1.54, 1.807) is 0 Å². The molecule has 0 aliphatic carbocycles. The third kappa shape index (κ3) is 2.54. The van der Waals surface area contributed by atoms with Crippen molar-refractivity contribution in [2.45, 2.75) is 32.6 Å². The van der Waals surface area contributed by atoms with Gasteiger partial charge in [-0.2, -0.15) is 4.98 Å². The predicted octanol–water partition coefficient (Wildman–Crippen LogP) is 1.77. The summed E-state index contributed by atoms with van der Waals surface area (Å²) in [7, 11) is 0. The van der Waals surface area contributed by atoms with Crippen LogP contribution in [0.2, 0.25) is 0 Å². The number of aromatic nitrogens is 3. The highest BCUT2D eigenvalue weighted by atomic mass is 16.5. The number of hydrogen-bond acceptors (Lipinski definition) is 6. The quantitative estimate of drug-likeness (QED) is 0.840. The molecule has 0 spiro atoms. The summed E-state index contributed by atoms with van der Waals surface area (Å²) in [6.07, 6.45) is 5.58. The maximum Gasteiger partial charge on any atom is 0.263 e. The van der Waals surface area contributed by atoms with Gasteiger partial charge in [0.05, 0.1) is 5.69 Å². The minimum absolute atomic E-state index is 0.158. The summed E-state index contributed by atoms with van der Waals surface area (Å²) in [5.41, 5.74) is 1.34. The molecule has 0 saturated carbocycles. The van der Waals surface area contributed by atoms with E-state index in [1.165, 1.54) is 6.33 Å². The highest BCUT2D eigenvalue weighted by Crippen LogP contribution is 2.30. The molecule has 0 aromatic carbocycles. The highest BCUT2D eigenvalue weighted by molar-refractivity contribution is 5.88. The Kier molecular flexibility index (Phi) is 3.63. The molecule has 0 atom stereocenters. The first kappa shape index (κ1) is 14.4. The largest absolute Gasteiger partial charge is 0.356 e. The SMILES string of the molecule is Cc1noc2ncnc(N3CCC(C(=O)N4CCCC4)CC3)c12. The molecule has 0 bridgehead atoms. The molecule has 2 saturated heterocycles. The smallest absolute Gasteiger partial charge is 0.263 e. The second-order valence-electron chi connectivity index (χ2n) is 6.44. The van der Waals surface area contributed by atoms with Crippen LogP contribution in [0.3, 0.4) is 0 Å². The van der Waals surface area contributed by atoms with E-state index >= 15 is 0 Å². The number of anilines is 1. The Balaban J connectivity index is 1.48. The van der Waals surface area contributed by atoms with Crippen LogP contribution in [0.5, 0.6) is 0 Å². The molecular weight excluding hydrogens is 294 g/mol. The summed E-state index contributed by atoms with van der Waals surface area (Å²) in [6.45, 7) is 5.45. The molecule has 0 N–H and O–H groups in total. The molecule has 4 rings (SSSR count). The average molecular weight is 315 g/mol. The Morgan fingerprint density at radius 3 is 2.65 bits per heavy atom. The van der Waals surface area contributed by atoms with Gasteiger partial charge >= 0.3 is 0 Å². The summed E-state index contributed by atoms with van der Waals surface area (Å²) in [6, 6.07) is 0. The van der Waals surface area contributed by atoms with Crippen molar-refractivity contribution in [3.63, 3.8) is 0 Å². The van der Waals surface area contributed by atoms with Crippen LogP contribution in [0.4, 0.5) is 5.82 Å². The first-order chi connectivity index (χ1) is 11.2. The lowest BCUT2D eigenvalue weighted by molar-refractivity contribution is -0.135. The lowest BCUT2D eigenvalue weighted by atomic mass is 9.95. The van der Waals surface area contributed by atoms with E-state index in [2.05, 4.69) is 20.0 Å². The van der Waals surface area contributed by atoms with Crippen LogP contribution in [0.25, 0.3) is 11.1 Å². The normalized spacial score (nSPS) is 19.7. The number of piperidine rings is 1. The summed E-state index contributed by atoms with van der Waals surface area (Å²) >= 11 is 0. The average Bonchev–Trinajstić information content (AvgIpc) is 3.25. The van der Waals surface area contributed by atoms with Gasteiger partial charge in [0.2, 0.25) is 5.91 Å². The molecule has 2 aromatic rings. The van der Waals surface area contributed by atoms with Crippen molar-refractivity contribution < 1.29 is 9.32 Å². The molecule has 0 unspecified atom stereocenters. The fourth-order valence-corrected chi connectivity index (χ4v) is 3.68. The van der Waals surface area contributed by atoms with Gasteiger partial charge in [0.25, 0.3) is 5.71 Å². The van der Waals surface area contributed by atoms with Gasteiger partial charge in [-0.05, 0) is 32.6 Å². The number of carbonyl (C=O) groups is 1. The second-order valence-corrected chi connectivity index (χ2v) is 6.44. The molecule has 122 valence electrons. The maximum absolute atomic E-state index is 12.5. The van der Waals surface area contributed by atoms with Crippen LogP contribution < -0.4 is 4.90 Å². The molecule has 0 radical (unpaired) electrons. The number of fused-ring (bicyclic) bond motifs is 1. The number of aryl methyl sites for hydroxylation is 1. The Morgan fingerprint density at radius 2 is 1.91 bits per heavy atom. The van der Waals surface area contributed by atoms with Crippen LogP contribution in [0.15, 0.2) is 10.9 Å². The van der Waals surface area contributed by atoms with Crippen molar-refractivity contribution in [1.82, 2.24) is 20.0 Å². The summed E-state index contributed by atoms with van der Waals surface area (Å²) in [4.78, 5) is 25.3. The van der Waals surface area contributed by atoms with Crippen molar-refractivity contribution in [2.75, 3.05) is 31.1 Å². The Hall–Kier alpha value is -2.18. The Labute approximate surface area is 134 Å². The van der Waals surface area contributed by atoms with Gasteiger partial charge in [-0.1, -0.05) is 5.16 Å². The maximum atomic E-state index is 12.5. The van der Waals surface area contributed by atoms with Crippen LogP contribution in [-0.4, -0.2) is 52.1 Å². The minimum atomic E-state index is 0.158. The molecule has 4 heterocycles. The number of hydrogen-bond donors (Lipinski definition) is 0. The van der Waals surface area contributed by atoms with Gasteiger partial charge in [0, 0.05) is 32.1 Å². The molecule has 2 aliphatic heterocycles. The van der Waals surface area contributed by atoms with E-state index in [4.69, 9.17) is 4.52 Å². The molecule has 7 nitrogen and oxygen atoms in total. The zero-order chi connectivity index (χ0) is 15.8. The third-order valence-electron chi connectivity index (χ3n) is 4.98. The van der Waals surface area contributed by atoms with Crippen molar-refractivity contribution in [3.8, 4) is 0 Å². The first-order valence-corrected chi connectivity index (χ1v) is 8.35. The van der Waals surface area contributed by atoms with Crippen LogP contribution in [0, 0.1) is 12.8 Å². The van der Waals surface area contributed by atoms with Gasteiger partial charge in [-0.25, -0.2) is 4.98 Å². The lowest BCUT2D eigenvalue weighted by Crippen LogP contribution is -2.42. The Bertz CT molecular complexity index is 714. The molecule has 7 heteroatoms. The number of nitrogens with zero attached hydrogens (tertiary/aromatic N) is 5. The van der Waals surface area contributed by atoms with E-state index in [-0.39, 0.29) is 5.92 Å². The van der Waals surface area contributed by atoms with E-state index < -0.39 is 0 Å². The molecule has 1 amide bonds. The number of carbonyl (C=O) groups excluding carboxylic acids is 1. The van der Waals surface area contributed by atoms with Crippen LogP contribution in [0.1, 0.15) is 31.4 Å². The van der Waals surface area contributed by atoms with Crippen LogP contribution >= 0.6 is 0 Å². The van der Waals surface area contributed by atoms with E-state index in [0.717, 1.165) is 68.8 Å². The minimum Gasteiger partial charge on any atom is -0.356 e. The molecule has 2 aliphatic rings. The van der Waals surface area contributed by atoms with E-state index in [1.807, 2.05) is 11.8 Å². The van der Waals surface area contributed by atoms with Crippen molar-refractivity contribution in [2.24, 2.45) is 5.92 Å². The number of rotatable bonds is 2. The Morgan fingerprint density at radius 1 is 1.17 bits per heavy atom. The summed E-state index contributed by atoms with van der Waals surface area (Å²) in [5.74, 6) is 1.38. The zero-order valence-electron chi connectivity index (χ0n) is 13.4. The second kappa shape index (κ2) is 5.79. The standard InChI is InChI=1S/C16H21N5O2/c1-11-13-14(17-10-18-15(13)23-19-11)20-8-4-12(5-9-20)16(22)21-6-2-3-7-21/h10,12H,2-9H2,1H3. The van der Waals surface area contributed by atoms with Gasteiger partial charge in [0.1, 0.15) is 17.5 Å². The molecule has 23 heavy (non-hydrogen) atoms. The summed E-state index contributed by atoms with van der Waals surface area (Å²) < 4.78 is 5.22. The summed E-state index contributed by atoms with van der Waals surface area (Å²) in [5, 5.41) is 4.87. The molecular formula is C16H21N5O2. The van der Waals surface area contributed by atoms with Gasteiger partial charge < -0.3 is 14.3 Å². The van der Waals surface area contributed by atoms with Crippen molar-refractivity contribution >= 4 is 22.8 Å². The topological polar surface area (TPSA) is 75.4 Å². The third-order valence-corrected chi connectivity index (χ3v) is 4.98. The van der Waals surface area contributed by atoms with Gasteiger partial charge in [0.15, 0.2) is 0 Å². The first-order valence-electron chi connectivity index (χ1n) is 8.35. The van der Waals surface area contributed by atoms with Gasteiger partial charge in [-0.15, -0.1) is 0 Å². The van der Waals surface area contributed by atoms with Gasteiger partial charge in [-0.3, -0.25) is 4.79 Å². The van der Waals surface area contributed by atoms with Crippen LogP contribution in [-0.2, 0) is 4.79 Å². The monoisotopic (exact) mass is 315 g/mol. The number of amides is 1. The number of likely N-dealkylation sites (tertiary alicyclic amines) is 1. The zero-order valence-corrected chi connectivity index (χ0v) is 13.4. The lowest BCUT2D eigenvalue weighted by Gasteiger charge is -2.33. The van der Waals surface area contributed by atoms with Crippen molar-refractivity contribution in [1.29, 1.82) is 0 Å². The van der Waals surface area contributed by atoms with E-state index in [9.17, 15) is 4.79 Å². The fourth-order valence-electron chi connectivity index (χ4n) is 3.68. The molecule has 2 fully saturated rings.